The summed E-state index contributed by atoms with van der Waals surface area (Å²) in [4.78, 5) is 9.61. The normalized spacial score (nSPS) is 13.7. The van der Waals surface area contributed by atoms with E-state index in [1.165, 1.54) is 17.2 Å². The molecule has 0 saturated carbocycles. The second-order valence-electron chi connectivity index (χ2n) is 15.4. The number of pyridine rings is 1. The molecule has 0 aliphatic rings. The van der Waals surface area contributed by atoms with Gasteiger partial charge in [0.2, 0.25) is 0 Å². The Labute approximate surface area is 337 Å². The van der Waals surface area contributed by atoms with Gasteiger partial charge in [-0.1, -0.05) is 59.5 Å². The molecule has 0 spiro atoms. The van der Waals surface area contributed by atoms with Crippen LogP contribution in [-0.4, -0.2) is 27.8 Å². The number of imidazole rings is 1. The van der Waals surface area contributed by atoms with Crippen LogP contribution in [0.25, 0.3) is 61.3 Å². The van der Waals surface area contributed by atoms with Crippen LogP contribution in [-0.2, 0) is 26.5 Å². The minimum atomic E-state index is -2.36. The molecule has 1 radical (unpaired) electrons. The van der Waals surface area contributed by atoms with Crippen molar-refractivity contribution in [3.05, 3.63) is 144 Å². The summed E-state index contributed by atoms with van der Waals surface area (Å²) in [5.41, 5.74) is 9.82. The molecule has 5 aromatic carbocycles. The number of benzene rings is 5. The Morgan fingerprint density at radius 1 is 0.868 bits per heavy atom. The van der Waals surface area contributed by atoms with Crippen LogP contribution in [0.3, 0.4) is 0 Å². The molecule has 0 aliphatic carbocycles. The Kier molecular flexibility index (Phi) is 9.24. The number of furan rings is 1. The van der Waals surface area contributed by atoms with Crippen LogP contribution in [0.2, 0.25) is 17.3 Å². The van der Waals surface area contributed by atoms with Gasteiger partial charge in [-0.15, -0.1) is 18.2 Å². The molecule has 0 atom stereocenters. The fourth-order valence-electron chi connectivity index (χ4n) is 6.73. The maximum atomic E-state index is 8.80. The van der Waals surface area contributed by atoms with Crippen molar-refractivity contribution in [1.29, 1.82) is 0 Å². The zero-order chi connectivity index (χ0) is 41.1. The van der Waals surface area contributed by atoms with Gasteiger partial charge in [0.05, 0.1) is 22.4 Å². The first-order chi connectivity index (χ1) is 26.8. The van der Waals surface area contributed by atoms with Crippen molar-refractivity contribution >= 4 is 50.6 Å². The van der Waals surface area contributed by atoms with Crippen LogP contribution in [0.15, 0.2) is 114 Å². The van der Waals surface area contributed by atoms with Gasteiger partial charge in [0.1, 0.15) is 5.58 Å². The third-order valence-electron chi connectivity index (χ3n) is 9.10. The second kappa shape index (κ2) is 15.2. The first-order valence-electron chi connectivity index (χ1n) is 20.2. The van der Waals surface area contributed by atoms with Gasteiger partial charge in [0.25, 0.3) is 0 Å². The zero-order valence-corrected chi connectivity index (χ0v) is 36.0. The Bertz CT molecular complexity index is 2740. The molecule has 0 saturated heterocycles. The molecule has 0 bridgehead atoms. The van der Waals surface area contributed by atoms with E-state index in [1.54, 1.807) is 12.1 Å². The van der Waals surface area contributed by atoms with E-state index in [-0.39, 0.29) is 25.7 Å². The predicted molar refractivity (Wildman–Crippen MR) is 221 cm³/mol. The van der Waals surface area contributed by atoms with Gasteiger partial charge in [-0.05, 0) is 43.2 Å². The summed E-state index contributed by atoms with van der Waals surface area (Å²) in [6.45, 7) is 7.84. The molecule has 53 heavy (non-hydrogen) atoms. The maximum absolute atomic E-state index is 8.80. The molecule has 0 fully saturated rings. The molecular formula is C47H47GeIrN3O-2. The Hall–Kier alpha value is -4.29. The standard InChI is InChI=1S/C27H19N2O.C20H28GeN.Ir/c1-17-9-7-10-18(2)25(17)29-23-15-5-4-14-22(23)28-27(29)21-13-8-12-20-19-11-3-6-16-24(19)30-26(20)21;1-15-8-10-16(11-9-15)19-12-17(13-20(2,3)4)18(14-22-19)21(5,6)7;/h3-12,14-16H,1-2H3;8-10,12,14H,13H2,1-7H3;/q2*-1;/i;1D3,13D2;. The van der Waals surface area contributed by atoms with E-state index >= 15 is 0 Å². The summed E-state index contributed by atoms with van der Waals surface area (Å²) in [7, 11) is 0. The van der Waals surface area contributed by atoms with E-state index in [0.29, 0.717) is 16.8 Å². The SMILES string of the molecule is Cc1cccc(C)c1-n1c(-c2[c-]ccc3c2oc2ccccc23)nc2ccccc21.[2H]C([2H])([2H])c1c[c-]c(-c2cc(C([2H])([2H])C(C)(C)C)[c]([Ge]([CH3])([CH3])[CH3])cn2)cc1.[Ir]. The first kappa shape index (κ1) is 32.2. The van der Waals surface area contributed by atoms with Gasteiger partial charge in [-0.3, -0.25) is 4.98 Å². The van der Waals surface area contributed by atoms with Crippen LogP contribution in [0.4, 0.5) is 0 Å². The van der Waals surface area contributed by atoms with E-state index < -0.39 is 31.9 Å². The smallest absolute Gasteiger partial charge is 0 e. The number of para-hydroxylation sites is 4. The third-order valence-corrected chi connectivity index (χ3v) is 13.3. The van der Waals surface area contributed by atoms with Gasteiger partial charge in [0, 0.05) is 31.2 Å². The van der Waals surface area contributed by atoms with Gasteiger partial charge >= 0.3 is 145 Å². The molecule has 6 heteroatoms. The molecule has 8 aromatic rings. The molecule has 8 rings (SSSR count). The summed E-state index contributed by atoms with van der Waals surface area (Å²) < 4.78 is 49.7. The number of hydrogen-bond donors (Lipinski definition) is 0. The van der Waals surface area contributed by atoms with E-state index in [0.717, 1.165) is 54.4 Å². The quantitative estimate of drug-likeness (QED) is 0.128. The van der Waals surface area contributed by atoms with Gasteiger partial charge in [-0.25, -0.2) is 0 Å². The molecule has 0 unspecified atom stereocenters. The number of aromatic nitrogens is 3. The summed E-state index contributed by atoms with van der Waals surface area (Å²) in [5.74, 6) is 7.54. The van der Waals surface area contributed by atoms with Gasteiger partial charge in [0.15, 0.2) is 0 Å². The van der Waals surface area contributed by atoms with Crippen molar-refractivity contribution in [2.75, 3.05) is 0 Å². The topological polar surface area (TPSA) is 43.9 Å². The molecule has 0 aliphatic heterocycles. The van der Waals surface area contributed by atoms with Crippen LogP contribution in [0.5, 0.6) is 0 Å². The van der Waals surface area contributed by atoms with E-state index in [9.17, 15) is 0 Å². The minimum Gasteiger partial charge on any atom is 0 e. The van der Waals surface area contributed by atoms with Crippen LogP contribution >= 0.6 is 0 Å². The Balaban J connectivity index is 0.000000194. The number of fused-ring (bicyclic) bond motifs is 4. The van der Waals surface area contributed by atoms with Crippen molar-refractivity contribution in [3.8, 4) is 28.3 Å². The summed E-state index contributed by atoms with van der Waals surface area (Å²) in [5, 5.41) is 2.19. The van der Waals surface area contributed by atoms with Crippen molar-refractivity contribution in [2.45, 2.75) is 65.1 Å². The molecule has 0 amide bonds. The fourth-order valence-corrected chi connectivity index (χ4v) is 9.65. The summed E-state index contributed by atoms with van der Waals surface area (Å²) in [6.07, 6.45) is 0.303. The van der Waals surface area contributed by atoms with Crippen molar-refractivity contribution in [3.63, 3.8) is 0 Å². The number of aryl methyl sites for hydroxylation is 3. The molecular weight excluding hydrogens is 887 g/mol. The van der Waals surface area contributed by atoms with Gasteiger partial charge < -0.3 is 8.98 Å². The van der Waals surface area contributed by atoms with Crippen LogP contribution < -0.4 is 4.40 Å². The van der Waals surface area contributed by atoms with Crippen LogP contribution in [0, 0.1) is 38.2 Å². The van der Waals surface area contributed by atoms with E-state index in [4.69, 9.17) is 16.3 Å². The fraction of sp³-hybridized carbons (Fsp3) is 0.234. The Morgan fingerprint density at radius 3 is 2.30 bits per heavy atom. The average molecular weight is 940 g/mol. The van der Waals surface area contributed by atoms with E-state index in [2.05, 4.69) is 101 Å². The molecule has 3 heterocycles. The monoisotopic (exact) mass is 941 g/mol. The number of hydrogen-bond acceptors (Lipinski definition) is 3. The maximum Gasteiger partial charge on any atom is 0 e. The predicted octanol–water partition coefficient (Wildman–Crippen LogP) is 12.0. The summed E-state index contributed by atoms with van der Waals surface area (Å²) >= 11 is -2.36. The summed E-state index contributed by atoms with van der Waals surface area (Å²) in [6, 6.07) is 39.8. The minimum absolute atomic E-state index is 0. The molecule has 0 N–H and O–H groups in total. The van der Waals surface area contributed by atoms with Crippen molar-refractivity contribution in [1.82, 2.24) is 14.5 Å². The molecule has 271 valence electrons. The second-order valence-corrected chi connectivity index (χ2v) is 26.0. The van der Waals surface area contributed by atoms with Crippen molar-refractivity contribution in [2.24, 2.45) is 5.41 Å². The van der Waals surface area contributed by atoms with E-state index in [1.807, 2.05) is 63.4 Å². The average Bonchev–Trinajstić information content (AvgIpc) is 3.73. The Morgan fingerprint density at radius 2 is 1.60 bits per heavy atom. The van der Waals surface area contributed by atoms with Crippen molar-refractivity contribution < 1.29 is 31.4 Å². The number of nitrogens with zero attached hydrogens (tertiary/aromatic N) is 3. The zero-order valence-electron chi connectivity index (χ0n) is 36.5. The third kappa shape index (κ3) is 7.99. The largest absolute Gasteiger partial charge is 0 e. The molecule has 4 nitrogen and oxygen atoms in total. The van der Waals surface area contributed by atoms with Gasteiger partial charge in [-0.2, -0.15) is 0 Å². The first-order valence-corrected chi connectivity index (χ1v) is 25.0. The van der Waals surface area contributed by atoms with Crippen LogP contribution in [0.1, 0.15) is 49.9 Å². The molecule has 3 aromatic heterocycles. The number of rotatable bonds is 5.